The van der Waals surface area contributed by atoms with E-state index in [2.05, 4.69) is 0 Å². The Bertz CT molecular complexity index is 1200. The van der Waals surface area contributed by atoms with Gasteiger partial charge in [0.2, 0.25) is 10.0 Å². The summed E-state index contributed by atoms with van der Waals surface area (Å²) in [5.41, 5.74) is 1.19. The molecule has 0 radical (unpaired) electrons. The van der Waals surface area contributed by atoms with Gasteiger partial charge in [0.05, 0.1) is 10.5 Å². The predicted molar refractivity (Wildman–Crippen MR) is 116 cm³/mol. The molecule has 0 saturated carbocycles. The van der Waals surface area contributed by atoms with Gasteiger partial charge in [0.25, 0.3) is 0 Å². The van der Waals surface area contributed by atoms with E-state index in [-0.39, 0.29) is 22.0 Å². The van der Waals surface area contributed by atoms with Crippen molar-refractivity contribution in [2.45, 2.75) is 17.7 Å². The van der Waals surface area contributed by atoms with Crippen molar-refractivity contribution in [3.8, 4) is 5.75 Å². The van der Waals surface area contributed by atoms with E-state index < -0.39 is 16.0 Å². The largest absolute Gasteiger partial charge is 0.423 e. The minimum absolute atomic E-state index is 0.0765. The molecule has 158 valence electrons. The van der Waals surface area contributed by atoms with E-state index in [9.17, 15) is 18.0 Å². The SMILES string of the molecule is O=C(Oc1ccc(C(=O)c2ccccc2)cc1)c1cccc(S(=O)(=O)N2CCCC2)c1. The van der Waals surface area contributed by atoms with Gasteiger partial charge in [-0.2, -0.15) is 4.31 Å². The first-order valence-corrected chi connectivity index (χ1v) is 11.4. The van der Waals surface area contributed by atoms with Gasteiger partial charge in [0.1, 0.15) is 5.75 Å². The zero-order chi connectivity index (χ0) is 21.8. The van der Waals surface area contributed by atoms with Crippen LogP contribution in [0, 0.1) is 0 Å². The molecule has 3 aromatic carbocycles. The Labute approximate surface area is 181 Å². The Kier molecular flexibility index (Phi) is 5.97. The third-order valence-electron chi connectivity index (χ3n) is 5.14. The fourth-order valence-corrected chi connectivity index (χ4v) is 5.02. The third kappa shape index (κ3) is 4.57. The van der Waals surface area contributed by atoms with Crippen molar-refractivity contribution >= 4 is 21.8 Å². The van der Waals surface area contributed by atoms with Gasteiger partial charge in [0, 0.05) is 24.2 Å². The summed E-state index contributed by atoms with van der Waals surface area (Å²) in [5, 5.41) is 0. The van der Waals surface area contributed by atoms with Crippen molar-refractivity contribution in [2.75, 3.05) is 13.1 Å². The number of hydrogen-bond acceptors (Lipinski definition) is 5. The first kappa shape index (κ1) is 21.0. The summed E-state index contributed by atoms with van der Waals surface area (Å²) in [4.78, 5) is 25.1. The number of esters is 1. The van der Waals surface area contributed by atoms with Crippen LogP contribution in [-0.4, -0.2) is 37.6 Å². The molecule has 0 aliphatic carbocycles. The molecule has 4 rings (SSSR count). The number of rotatable bonds is 6. The molecule has 1 heterocycles. The van der Waals surface area contributed by atoms with Crippen LogP contribution in [0.2, 0.25) is 0 Å². The lowest BCUT2D eigenvalue weighted by Gasteiger charge is -2.15. The molecule has 0 amide bonds. The predicted octanol–water partition coefficient (Wildman–Crippen LogP) is 3.92. The summed E-state index contributed by atoms with van der Waals surface area (Å²) >= 11 is 0. The Morgan fingerprint density at radius 3 is 2.03 bits per heavy atom. The van der Waals surface area contributed by atoms with Crippen molar-refractivity contribution in [1.82, 2.24) is 4.31 Å². The highest BCUT2D eigenvalue weighted by molar-refractivity contribution is 7.89. The number of sulfonamides is 1. The van der Waals surface area contributed by atoms with Gasteiger partial charge in [-0.1, -0.05) is 36.4 Å². The average Bonchev–Trinajstić information content (AvgIpc) is 3.36. The van der Waals surface area contributed by atoms with Gasteiger partial charge in [-0.25, -0.2) is 13.2 Å². The number of carbonyl (C=O) groups excluding carboxylic acids is 2. The van der Waals surface area contributed by atoms with Gasteiger partial charge in [-0.05, 0) is 55.3 Å². The molecule has 3 aromatic rings. The van der Waals surface area contributed by atoms with Crippen LogP contribution < -0.4 is 4.74 Å². The van der Waals surface area contributed by atoms with Crippen molar-refractivity contribution < 1.29 is 22.7 Å². The molecule has 0 atom stereocenters. The standard InChI is InChI=1S/C24H21NO5S/c26-23(18-7-2-1-3-8-18)19-11-13-21(14-12-19)30-24(27)20-9-6-10-22(17-20)31(28,29)25-15-4-5-16-25/h1-3,6-14,17H,4-5,15-16H2. The Morgan fingerprint density at radius 2 is 1.35 bits per heavy atom. The monoisotopic (exact) mass is 435 g/mol. The summed E-state index contributed by atoms with van der Waals surface area (Å²) < 4.78 is 32.3. The average molecular weight is 436 g/mol. The molecular weight excluding hydrogens is 414 g/mol. The fraction of sp³-hybridized carbons (Fsp3) is 0.167. The maximum Gasteiger partial charge on any atom is 0.343 e. The van der Waals surface area contributed by atoms with Gasteiger partial charge >= 0.3 is 5.97 Å². The summed E-state index contributed by atoms with van der Waals surface area (Å²) in [6.45, 7) is 0.982. The number of hydrogen-bond donors (Lipinski definition) is 0. The van der Waals surface area contributed by atoms with Crippen molar-refractivity contribution in [2.24, 2.45) is 0 Å². The van der Waals surface area contributed by atoms with Crippen LogP contribution in [-0.2, 0) is 10.0 Å². The second kappa shape index (κ2) is 8.83. The smallest absolute Gasteiger partial charge is 0.343 e. The minimum atomic E-state index is -3.62. The molecule has 0 unspecified atom stereocenters. The van der Waals surface area contributed by atoms with Crippen molar-refractivity contribution in [3.05, 3.63) is 95.6 Å². The van der Waals surface area contributed by atoms with Crippen LogP contribution in [0.15, 0.2) is 83.8 Å². The number of benzene rings is 3. The summed E-state index contributed by atoms with van der Waals surface area (Å²) in [6, 6.07) is 21.0. The molecule has 31 heavy (non-hydrogen) atoms. The van der Waals surface area contributed by atoms with E-state index in [1.165, 1.54) is 28.6 Å². The molecule has 1 aliphatic rings. The zero-order valence-corrected chi connectivity index (χ0v) is 17.5. The molecule has 1 fully saturated rings. The van der Waals surface area contributed by atoms with Crippen molar-refractivity contribution in [3.63, 3.8) is 0 Å². The van der Waals surface area contributed by atoms with Crippen LogP contribution in [0.1, 0.15) is 39.1 Å². The third-order valence-corrected chi connectivity index (χ3v) is 7.03. The van der Waals surface area contributed by atoms with E-state index >= 15 is 0 Å². The fourth-order valence-electron chi connectivity index (χ4n) is 3.46. The minimum Gasteiger partial charge on any atom is -0.423 e. The maximum absolute atomic E-state index is 12.7. The summed E-state index contributed by atoms with van der Waals surface area (Å²) in [6.07, 6.45) is 1.67. The van der Waals surface area contributed by atoms with E-state index in [0.717, 1.165) is 12.8 Å². The molecule has 6 nitrogen and oxygen atoms in total. The van der Waals surface area contributed by atoms with Crippen molar-refractivity contribution in [1.29, 1.82) is 0 Å². The van der Waals surface area contributed by atoms with Crippen LogP contribution in [0.25, 0.3) is 0 Å². The molecule has 0 spiro atoms. The highest BCUT2D eigenvalue weighted by Crippen LogP contribution is 2.22. The molecule has 1 aliphatic heterocycles. The second-order valence-corrected chi connectivity index (χ2v) is 9.19. The van der Waals surface area contributed by atoms with Crippen LogP contribution in [0.5, 0.6) is 5.75 Å². The number of nitrogens with zero attached hydrogens (tertiary/aromatic N) is 1. The van der Waals surface area contributed by atoms with Gasteiger partial charge < -0.3 is 4.74 Å². The quantitative estimate of drug-likeness (QED) is 0.333. The Balaban J connectivity index is 1.48. The first-order valence-electron chi connectivity index (χ1n) is 9.97. The van der Waals surface area contributed by atoms with Crippen LogP contribution >= 0.6 is 0 Å². The molecule has 0 aromatic heterocycles. The van der Waals surface area contributed by atoms with E-state index in [1.54, 1.807) is 48.5 Å². The highest BCUT2D eigenvalue weighted by Gasteiger charge is 2.27. The number of carbonyl (C=O) groups is 2. The number of ketones is 1. The molecular formula is C24H21NO5S. The van der Waals surface area contributed by atoms with Crippen LogP contribution in [0.3, 0.4) is 0 Å². The van der Waals surface area contributed by atoms with E-state index in [4.69, 9.17) is 4.74 Å². The van der Waals surface area contributed by atoms with Gasteiger partial charge in [-0.15, -0.1) is 0 Å². The summed E-state index contributed by atoms with van der Waals surface area (Å²) in [7, 11) is -3.62. The van der Waals surface area contributed by atoms with E-state index in [1.807, 2.05) is 6.07 Å². The lowest BCUT2D eigenvalue weighted by atomic mass is 10.0. The van der Waals surface area contributed by atoms with Gasteiger partial charge in [-0.3, -0.25) is 4.79 Å². The Morgan fingerprint density at radius 1 is 0.742 bits per heavy atom. The first-order chi connectivity index (χ1) is 14.9. The Hall–Kier alpha value is -3.29. The lowest BCUT2D eigenvalue weighted by molar-refractivity contribution is 0.0734. The number of ether oxygens (including phenoxy) is 1. The molecule has 1 saturated heterocycles. The van der Waals surface area contributed by atoms with E-state index in [0.29, 0.717) is 24.2 Å². The van der Waals surface area contributed by atoms with Gasteiger partial charge in [0.15, 0.2) is 5.78 Å². The molecule has 0 N–H and O–H groups in total. The zero-order valence-electron chi connectivity index (χ0n) is 16.7. The normalized spacial score (nSPS) is 14.3. The second-order valence-electron chi connectivity index (χ2n) is 7.25. The van der Waals surface area contributed by atoms with Crippen LogP contribution in [0.4, 0.5) is 0 Å². The molecule has 0 bridgehead atoms. The molecule has 7 heteroatoms. The lowest BCUT2D eigenvalue weighted by Crippen LogP contribution is -2.28. The topological polar surface area (TPSA) is 80.8 Å². The maximum atomic E-state index is 12.7. The summed E-state index contributed by atoms with van der Waals surface area (Å²) in [5.74, 6) is -0.527. The highest BCUT2D eigenvalue weighted by atomic mass is 32.2.